The largest absolute Gasteiger partial charge is 0.330 e. The molecule has 0 atom stereocenters. The summed E-state index contributed by atoms with van der Waals surface area (Å²) in [5, 5.41) is 3.14. The van der Waals surface area contributed by atoms with Gasteiger partial charge in [0.2, 0.25) is 0 Å². The van der Waals surface area contributed by atoms with Crippen molar-refractivity contribution in [2.75, 3.05) is 31.5 Å². The van der Waals surface area contributed by atoms with Crippen molar-refractivity contribution in [3.63, 3.8) is 0 Å². The maximum absolute atomic E-state index is 12.3. The molecule has 6 heteroatoms. The van der Waals surface area contributed by atoms with E-state index < -0.39 is 0 Å². The van der Waals surface area contributed by atoms with Crippen molar-refractivity contribution >= 4 is 23.9 Å². The van der Waals surface area contributed by atoms with Gasteiger partial charge in [0.15, 0.2) is 0 Å². The number of rotatable bonds is 8. The molecule has 0 saturated heterocycles. The molecular weight excluding hydrogens is 332 g/mol. The number of anilines is 1. The summed E-state index contributed by atoms with van der Waals surface area (Å²) in [4.78, 5) is 14.7. The van der Waals surface area contributed by atoms with Gasteiger partial charge < -0.3 is 10.2 Å². The zero-order valence-corrected chi connectivity index (χ0v) is 16.2. The molecule has 0 saturated carbocycles. The van der Waals surface area contributed by atoms with Crippen molar-refractivity contribution in [2.24, 2.45) is 0 Å². The highest BCUT2D eigenvalue weighted by Gasteiger charge is 2.24. The Labute approximate surface area is 155 Å². The zero-order valence-electron chi connectivity index (χ0n) is 15.4. The van der Waals surface area contributed by atoms with Gasteiger partial charge in [-0.1, -0.05) is 19.9 Å². The average Bonchev–Trinajstić information content (AvgIpc) is 3.27. The first-order valence-corrected chi connectivity index (χ1v) is 10.4. The fraction of sp³-hybridized carbons (Fsp3) is 0.632. The molecule has 0 spiro atoms. The third-order valence-corrected chi connectivity index (χ3v) is 5.99. The summed E-state index contributed by atoms with van der Waals surface area (Å²) in [7, 11) is 0. The summed E-state index contributed by atoms with van der Waals surface area (Å²) in [6.07, 6.45) is 6.90. The van der Waals surface area contributed by atoms with Crippen molar-refractivity contribution in [3.05, 3.63) is 28.3 Å². The Bertz CT molecular complexity index is 584. The number of urea groups is 1. The molecule has 25 heavy (non-hydrogen) atoms. The number of aryl methyl sites for hydroxylation is 2. The second-order valence-electron chi connectivity index (χ2n) is 6.81. The Kier molecular flexibility index (Phi) is 6.62. The second-order valence-corrected chi connectivity index (χ2v) is 7.51. The van der Waals surface area contributed by atoms with Crippen LogP contribution in [0.4, 0.5) is 10.5 Å². The van der Waals surface area contributed by atoms with E-state index in [1.165, 1.54) is 47.2 Å². The SMILES string of the molecule is CCN(CC)CCNSNC(=O)Nc1c2c(cc3c1CCC3)CCC2. The predicted molar refractivity (Wildman–Crippen MR) is 106 cm³/mol. The number of benzene rings is 1. The van der Waals surface area contributed by atoms with Crippen LogP contribution >= 0.6 is 12.1 Å². The lowest BCUT2D eigenvalue weighted by Crippen LogP contribution is -2.32. The van der Waals surface area contributed by atoms with Crippen LogP contribution in [-0.4, -0.2) is 37.1 Å². The number of amides is 2. The van der Waals surface area contributed by atoms with Gasteiger partial charge in [0.25, 0.3) is 0 Å². The molecule has 3 N–H and O–H groups in total. The standard InChI is InChI=1S/C19H30N4OS/c1-3-23(4-2)12-11-20-25-22-19(24)21-18-16-9-5-7-14(16)13-15-8-6-10-17(15)18/h13,20H,3-12H2,1-2H3,(H2,21,22,24). The Morgan fingerprint density at radius 2 is 1.72 bits per heavy atom. The van der Waals surface area contributed by atoms with Crippen LogP contribution in [-0.2, 0) is 25.7 Å². The maximum Gasteiger partial charge on any atom is 0.330 e. The van der Waals surface area contributed by atoms with Gasteiger partial charge in [0.1, 0.15) is 0 Å². The van der Waals surface area contributed by atoms with Crippen LogP contribution in [0.15, 0.2) is 6.07 Å². The molecule has 0 fully saturated rings. The van der Waals surface area contributed by atoms with E-state index >= 15 is 0 Å². The van der Waals surface area contributed by atoms with E-state index in [9.17, 15) is 4.79 Å². The predicted octanol–water partition coefficient (Wildman–Crippen LogP) is 3.28. The number of hydrogen-bond donors (Lipinski definition) is 3. The summed E-state index contributed by atoms with van der Waals surface area (Å²) < 4.78 is 6.07. The Morgan fingerprint density at radius 3 is 2.32 bits per heavy atom. The van der Waals surface area contributed by atoms with Crippen LogP contribution < -0.4 is 14.8 Å². The first-order valence-electron chi connectivity index (χ1n) is 9.57. The van der Waals surface area contributed by atoms with E-state index in [0.29, 0.717) is 0 Å². The molecule has 3 rings (SSSR count). The van der Waals surface area contributed by atoms with Gasteiger partial charge in [-0.25, -0.2) is 9.52 Å². The van der Waals surface area contributed by atoms with Crippen LogP contribution in [0.2, 0.25) is 0 Å². The summed E-state index contributed by atoms with van der Waals surface area (Å²) >= 11 is 1.27. The molecule has 2 aliphatic carbocycles. The molecule has 0 bridgehead atoms. The van der Waals surface area contributed by atoms with Crippen LogP contribution in [0.1, 0.15) is 48.9 Å². The normalized spacial score (nSPS) is 15.3. The quantitative estimate of drug-likeness (QED) is 0.491. The second kappa shape index (κ2) is 8.92. The van der Waals surface area contributed by atoms with Crippen molar-refractivity contribution in [1.29, 1.82) is 0 Å². The highest BCUT2D eigenvalue weighted by molar-refractivity contribution is 7.96. The summed E-state index contributed by atoms with van der Waals surface area (Å²) in [6, 6.07) is 2.26. The summed E-state index contributed by atoms with van der Waals surface area (Å²) in [6.45, 7) is 8.28. The van der Waals surface area contributed by atoms with Crippen molar-refractivity contribution in [2.45, 2.75) is 52.4 Å². The lowest BCUT2D eigenvalue weighted by molar-refractivity contribution is 0.257. The van der Waals surface area contributed by atoms with Crippen LogP contribution in [0.5, 0.6) is 0 Å². The van der Waals surface area contributed by atoms with Gasteiger partial charge in [0, 0.05) is 30.9 Å². The number of carbonyl (C=O) groups is 1. The number of hydrogen-bond acceptors (Lipinski definition) is 4. The molecule has 138 valence electrons. The molecule has 0 unspecified atom stereocenters. The first-order chi connectivity index (χ1) is 12.2. The summed E-state index contributed by atoms with van der Waals surface area (Å²) in [5.41, 5.74) is 6.73. The van der Waals surface area contributed by atoms with Crippen molar-refractivity contribution in [1.82, 2.24) is 14.3 Å². The van der Waals surface area contributed by atoms with Gasteiger partial charge in [0.05, 0.1) is 0 Å². The third-order valence-electron chi connectivity index (χ3n) is 5.35. The molecule has 2 aliphatic rings. The van der Waals surface area contributed by atoms with Crippen LogP contribution in [0.25, 0.3) is 0 Å². The fourth-order valence-electron chi connectivity index (χ4n) is 3.98. The van der Waals surface area contributed by atoms with Crippen LogP contribution in [0, 0.1) is 0 Å². The van der Waals surface area contributed by atoms with Crippen molar-refractivity contribution in [3.8, 4) is 0 Å². The highest BCUT2D eigenvalue weighted by Crippen LogP contribution is 2.38. The van der Waals surface area contributed by atoms with Crippen molar-refractivity contribution < 1.29 is 4.79 Å². The molecular formula is C19H30N4OS. The molecule has 0 radical (unpaired) electrons. The van der Waals surface area contributed by atoms with Gasteiger partial charge in [-0.2, -0.15) is 0 Å². The van der Waals surface area contributed by atoms with E-state index in [-0.39, 0.29) is 6.03 Å². The highest BCUT2D eigenvalue weighted by atomic mass is 32.2. The number of nitrogens with zero attached hydrogens (tertiary/aromatic N) is 1. The number of fused-ring (bicyclic) bond motifs is 2. The molecule has 2 amide bonds. The summed E-state index contributed by atoms with van der Waals surface area (Å²) in [5.74, 6) is 0. The van der Waals surface area contributed by atoms with Gasteiger partial charge in [-0.05, 0) is 73.9 Å². The topological polar surface area (TPSA) is 56.4 Å². The molecule has 0 aliphatic heterocycles. The lowest BCUT2D eigenvalue weighted by atomic mass is 9.99. The molecule has 0 heterocycles. The minimum Gasteiger partial charge on any atom is -0.307 e. The molecule has 1 aromatic carbocycles. The molecule has 1 aromatic rings. The van der Waals surface area contributed by atoms with E-state index in [1.807, 2.05) is 0 Å². The maximum atomic E-state index is 12.3. The van der Waals surface area contributed by atoms with Gasteiger partial charge in [-0.15, -0.1) is 0 Å². The number of likely N-dealkylation sites (N-methyl/N-ethyl adjacent to an activating group) is 1. The van der Waals surface area contributed by atoms with E-state index in [1.54, 1.807) is 0 Å². The first kappa shape index (κ1) is 18.5. The fourth-order valence-corrected chi connectivity index (χ4v) is 4.39. The monoisotopic (exact) mass is 362 g/mol. The smallest absolute Gasteiger partial charge is 0.307 e. The molecule has 5 nitrogen and oxygen atoms in total. The minimum atomic E-state index is -0.130. The van der Waals surface area contributed by atoms with Gasteiger partial charge >= 0.3 is 6.03 Å². The van der Waals surface area contributed by atoms with Gasteiger partial charge in [-0.3, -0.25) is 4.72 Å². The van der Waals surface area contributed by atoms with E-state index in [0.717, 1.165) is 57.5 Å². The minimum absolute atomic E-state index is 0.130. The number of nitrogens with one attached hydrogen (secondary N) is 3. The van der Waals surface area contributed by atoms with Crippen LogP contribution in [0.3, 0.4) is 0 Å². The Balaban J connectivity index is 1.51. The average molecular weight is 363 g/mol. The third kappa shape index (κ3) is 4.49. The lowest BCUT2D eigenvalue weighted by Gasteiger charge is -2.18. The number of carbonyl (C=O) groups excluding carboxylic acids is 1. The zero-order chi connectivity index (χ0) is 17.6. The van der Waals surface area contributed by atoms with E-state index in [2.05, 4.69) is 39.6 Å². The van der Waals surface area contributed by atoms with E-state index in [4.69, 9.17) is 0 Å². The Hall–Kier alpha value is -1.24. The Morgan fingerprint density at radius 1 is 1.08 bits per heavy atom. The molecule has 0 aromatic heterocycles.